The van der Waals surface area contributed by atoms with Gasteiger partial charge in [0.2, 0.25) is 0 Å². The topological polar surface area (TPSA) is 18.5 Å². The van der Waals surface area contributed by atoms with E-state index in [1.165, 1.54) is 39.0 Å². The zero-order chi connectivity index (χ0) is 12.4. The molecular weight excluding hydrogens is 210 g/mol. The van der Waals surface area contributed by atoms with Crippen molar-refractivity contribution in [3.8, 4) is 0 Å². The lowest BCUT2D eigenvalue weighted by atomic mass is 10.1. The maximum Gasteiger partial charge on any atom is 0.0195 e. The van der Waals surface area contributed by atoms with Crippen LogP contribution in [0.25, 0.3) is 0 Å². The lowest BCUT2D eigenvalue weighted by Crippen LogP contribution is -2.55. The SMILES string of the molecule is CC(CNC1CC1)CN1CC(C)N(C)C(C)C1. The van der Waals surface area contributed by atoms with E-state index in [9.17, 15) is 0 Å². The molecule has 2 fully saturated rings. The Morgan fingerprint density at radius 3 is 2.29 bits per heavy atom. The molecule has 1 saturated heterocycles. The lowest BCUT2D eigenvalue weighted by Gasteiger charge is -2.43. The Kier molecular flexibility index (Phi) is 4.45. The van der Waals surface area contributed by atoms with Gasteiger partial charge in [-0.15, -0.1) is 0 Å². The Morgan fingerprint density at radius 2 is 1.76 bits per heavy atom. The predicted molar refractivity (Wildman–Crippen MR) is 73.3 cm³/mol. The first-order chi connectivity index (χ1) is 8.06. The Labute approximate surface area is 107 Å². The summed E-state index contributed by atoms with van der Waals surface area (Å²) in [7, 11) is 2.25. The third-order valence-corrected chi connectivity index (χ3v) is 4.34. The molecule has 1 aliphatic heterocycles. The molecule has 0 aromatic heterocycles. The molecule has 0 radical (unpaired) electrons. The first-order valence-corrected chi connectivity index (χ1v) is 7.24. The fraction of sp³-hybridized carbons (Fsp3) is 1.00. The second kappa shape index (κ2) is 5.68. The van der Waals surface area contributed by atoms with Crippen LogP contribution in [-0.4, -0.2) is 61.2 Å². The number of likely N-dealkylation sites (N-methyl/N-ethyl adjacent to an activating group) is 1. The van der Waals surface area contributed by atoms with Gasteiger partial charge in [-0.3, -0.25) is 9.80 Å². The monoisotopic (exact) mass is 239 g/mol. The van der Waals surface area contributed by atoms with Crippen molar-refractivity contribution < 1.29 is 0 Å². The van der Waals surface area contributed by atoms with Crippen molar-refractivity contribution in [1.29, 1.82) is 0 Å². The molecule has 1 aliphatic carbocycles. The summed E-state index contributed by atoms with van der Waals surface area (Å²) in [5.41, 5.74) is 0. The number of nitrogens with zero attached hydrogens (tertiary/aromatic N) is 2. The van der Waals surface area contributed by atoms with Gasteiger partial charge in [0.25, 0.3) is 0 Å². The van der Waals surface area contributed by atoms with Crippen LogP contribution >= 0.6 is 0 Å². The van der Waals surface area contributed by atoms with Gasteiger partial charge in [-0.1, -0.05) is 6.92 Å². The minimum atomic E-state index is 0.697. The number of hydrogen-bond acceptors (Lipinski definition) is 3. The second-order valence-electron chi connectivity index (χ2n) is 6.37. The summed E-state index contributed by atoms with van der Waals surface area (Å²) in [5.74, 6) is 0.776. The van der Waals surface area contributed by atoms with Crippen molar-refractivity contribution in [2.24, 2.45) is 5.92 Å². The van der Waals surface area contributed by atoms with Crippen LogP contribution in [0.1, 0.15) is 33.6 Å². The van der Waals surface area contributed by atoms with Crippen LogP contribution in [0.15, 0.2) is 0 Å². The van der Waals surface area contributed by atoms with E-state index >= 15 is 0 Å². The van der Waals surface area contributed by atoms with Gasteiger partial charge in [-0.2, -0.15) is 0 Å². The molecule has 0 aromatic rings. The van der Waals surface area contributed by atoms with E-state index in [-0.39, 0.29) is 0 Å². The Morgan fingerprint density at radius 1 is 1.18 bits per heavy atom. The molecule has 1 saturated carbocycles. The largest absolute Gasteiger partial charge is 0.314 e. The van der Waals surface area contributed by atoms with Crippen molar-refractivity contribution >= 4 is 0 Å². The molecule has 2 rings (SSSR count). The molecule has 3 atom stereocenters. The van der Waals surface area contributed by atoms with E-state index in [1.54, 1.807) is 0 Å². The highest BCUT2D eigenvalue weighted by Crippen LogP contribution is 2.19. The highest BCUT2D eigenvalue weighted by atomic mass is 15.3. The van der Waals surface area contributed by atoms with Gasteiger partial charge in [0.1, 0.15) is 0 Å². The molecule has 0 amide bonds. The smallest absolute Gasteiger partial charge is 0.0195 e. The maximum atomic E-state index is 3.64. The van der Waals surface area contributed by atoms with E-state index in [2.05, 4.69) is 42.9 Å². The summed E-state index contributed by atoms with van der Waals surface area (Å²) >= 11 is 0. The number of rotatable bonds is 5. The average Bonchev–Trinajstić information content (AvgIpc) is 3.07. The van der Waals surface area contributed by atoms with Crippen LogP contribution in [0.3, 0.4) is 0 Å². The molecule has 0 bridgehead atoms. The molecule has 2 aliphatic rings. The summed E-state index contributed by atoms with van der Waals surface area (Å²) in [6, 6.07) is 2.24. The fourth-order valence-electron chi connectivity index (χ4n) is 2.82. The molecule has 3 heteroatoms. The molecule has 0 spiro atoms. The van der Waals surface area contributed by atoms with Crippen molar-refractivity contribution in [1.82, 2.24) is 15.1 Å². The fourth-order valence-corrected chi connectivity index (χ4v) is 2.82. The zero-order valence-electron chi connectivity index (χ0n) is 11.9. The molecule has 1 heterocycles. The predicted octanol–water partition coefficient (Wildman–Crippen LogP) is 1.40. The van der Waals surface area contributed by atoms with Crippen molar-refractivity contribution in [2.45, 2.75) is 51.7 Å². The van der Waals surface area contributed by atoms with E-state index in [4.69, 9.17) is 0 Å². The number of piperazine rings is 1. The Hall–Kier alpha value is -0.120. The van der Waals surface area contributed by atoms with E-state index in [0.717, 1.165) is 12.0 Å². The molecular formula is C14H29N3. The maximum absolute atomic E-state index is 3.64. The van der Waals surface area contributed by atoms with Gasteiger partial charge in [0, 0.05) is 37.8 Å². The standard InChI is InChI=1S/C14H29N3/c1-11(7-15-14-5-6-14)8-17-9-12(2)16(4)13(3)10-17/h11-15H,5-10H2,1-4H3. The van der Waals surface area contributed by atoms with Gasteiger partial charge in [-0.25, -0.2) is 0 Å². The van der Waals surface area contributed by atoms with Gasteiger partial charge < -0.3 is 5.32 Å². The van der Waals surface area contributed by atoms with Crippen LogP contribution in [0.2, 0.25) is 0 Å². The third kappa shape index (κ3) is 3.94. The van der Waals surface area contributed by atoms with Crippen LogP contribution in [-0.2, 0) is 0 Å². The zero-order valence-corrected chi connectivity index (χ0v) is 11.9. The molecule has 3 unspecified atom stereocenters. The Bertz CT molecular complexity index is 228. The van der Waals surface area contributed by atoms with Gasteiger partial charge in [0.15, 0.2) is 0 Å². The summed E-state index contributed by atoms with van der Waals surface area (Å²) in [6.45, 7) is 12.0. The molecule has 100 valence electrons. The molecule has 3 nitrogen and oxygen atoms in total. The van der Waals surface area contributed by atoms with E-state index in [1.807, 2.05) is 0 Å². The van der Waals surface area contributed by atoms with E-state index < -0.39 is 0 Å². The number of hydrogen-bond donors (Lipinski definition) is 1. The van der Waals surface area contributed by atoms with Crippen LogP contribution in [0.4, 0.5) is 0 Å². The average molecular weight is 239 g/mol. The molecule has 17 heavy (non-hydrogen) atoms. The van der Waals surface area contributed by atoms with Crippen molar-refractivity contribution in [3.63, 3.8) is 0 Å². The minimum Gasteiger partial charge on any atom is -0.314 e. The van der Waals surface area contributed by atoms with E-state index in [0.29, 0.717) is 12.1 Å². The first-order valence-electron chi connectivity index (χ1n) is 7.24. The van der Waals surface area contributed by atoms with Gasteiger partial charge >= 0.3 is 0 Å². The second-order valence-corrected chi connectivity index (χ2v) is 6.37. The van der Waals surface area contributed by atoms with Gasteiger partial charge in [-0.05, 0) is 46.2 Å². The minimum absolute atomic E-state index is 0.697. The normalized spacial score (nSPS) is 33.9. The summed E-state index contributed by atoms with van der Waals surface area (Å²) in [5, 5.41) is 3.64. The highest BCUT2D eigenvalue weighted by molar-refractivity contribution is 4.85. The lowest BCUT2D eigenvalue weighted by molar-refractivity contribution is 0.0521. The summed E-state index contributed by atoms with van der Waals surface area (Å²) < 4.78 is 0. The first kappa shape index (κ1) is 13.3. The summed E-state index contributed by atoms with van der Waals surface area (Å²) in [6.07, 6.45) is 2.80. The molecule has 1 N–H and O–H groups in total. The highest BCUT2D eigenvalue weighted by Gasteiger charge is 2.27. The summed E-state index contributed by atoms with van der Waals surface area (Å²) in [4.78, 5) is 5.15. The molecule has 0 aromatic carbocycles. The van der Waals surface area contributed by atoms with Crippen molar-refractivity contribution in [2.75, 3.05) is 33.2 Å². The van der Waals surface area contributed by atoms with Gasteiger partial charge in [0.05, 0.1) is 0 Å². The number of nitrogens with one attached hydrogen (secondary N) is 1. The van der Waals surface area contributed by atoms with Crippen LogP contribution < -0.4 is 5.32 Å². The van der Waals surface area contributed by atoms with Crippen molar-refractivity contribution in [3.05, 3.63) is 0 Å². The third-order valence-electron chi connectivity index (χ3n) is 4.34. The Balaban J connectivity index is 1.70. The van der Waals surface area contributed by atoms with Crippen LogP contribution in [0.5, 0.6) is 0 Å². The van der Waals surface area contributed by atoms with Crippen LogP contribution in [0, 0.1) is 5.92 Å². The quantitative estimate of drug-likeness (QED) is 0.782.